The number of hydrazine groups is 1. The van der Waals surface area contributed by atoms with E-state index in [0.717, 1.165) is 5.01 Å². The maximum Gasteiger partial charge on any atom is 0.268 e. The minimum atomic E-state index is -0.350. The number of carbonyl (C=O) groups excluding carboxylic acids is 1. The lowest BCUT2D eigenvalue weighted by Crippen LogP contribution is -2.36. The van der Waals surface area contributed by atoms with Gasteiger partial charge in [0.15, 0.2) is 0 Å². The van der Waals surface area contributed by atoms with Gasteiger partial charge >= 0.3 is 0 Å². The molecule has 2 aromatic rings. The zero-order valence-corrected chi connectivity index (χ0v) is 9.58. The smallest absolute Gasteiger partial charge is 0.268 e. The molecule has 2 N–H and O–H groups in total. The molecule has 92 valence electrons. The van der Waals surface area contributed by atoms with Crippen LogP contribution in [0.4, 0.5) is 4.39 Å². The molecule has 0 atom stereocenters. The average Bonchev–Trinajstić information content (AvgIpc) is 2.39. The lowest BCUT2D eigenvalue weighted by atomic mass is 10.2. The minimum absolute atomic E-state index is 0.152. The number of aromatic nitrogens is 1. The van der Waals surface area contributed by atoms with Crippen molar-refractivity contribution in [2.45, 2.75) is 6.54 Å². The third-order valence-electron chi connectivity index (χ3n) is 2.43. The second-order valence-electron chi connectivity index (χ2n) is 3.80. The molecule has 0 spiro atoms. The predicted molar refractivity (Wildman–Crippen MR) is 64.7 cm³/mol. The fraction of sp³-hybridized carbons (Fsp3) is 0.0769. The van der Waals surface area contributed by atoms with Gasteiger partial charge in [0.1, 0.15) is 5.82 Å². The quantitative estimate of drug-likeness (QED) is 0.509. The van der Waals surface area contributed by atoms with E-state index in [9.17, 15) is 9.18 Å². The number of hydrogen-bond acceptors (Lipinski definition) is 3. The molecular formula is C13H12FN3O. The van der Waals surface area contributed by atoms with Gasteiger partial charge in [0.2, 0.25) is 0 Å². The van der Waals surface area contributed by atoms with Crippen LogP contribution in [0.15, 0.2) is 48.8 Å². The second-order valence-corrected chi connectivity index (χ2v) is 3.80. The molecule has 0 aliphatic rings. The molecule has 5 heteroatoms. The fourth-order valence-electron chi connectivity index (χ4n) is 1.56. The number of amides is 1. The third-order valence-corrected chi connectivity index (χ3v) is 2.43. The van der Waals surface area contributed by atoms with E-state index in [0.29, 0.717) is 11.1 Å². The highest BCUT2D eigenvalue weighted by molar-refractivity contribution is 5.93. The monoisotopic (exact) mass is 245 g/mol. The van der Waals surface area contributed by atoms with Crippen molar-refractivity contribution >= 4 is 5.91 Å². The second kappa shape index (κ2) is 5.37. The highest BCUT2D eigenvalue weighted by Crippen LogP contribution is 2.08. The predicted octanol–water partition coefficient (Wildman–Crippen LogP) is 1.74. The van der Waals surface area contributed by atoms with Crippen LogP contribution in [-0.2, 0) is 6.54 Å². The molecular weight excluding hydrogens is 233 g/mol. The molecule has 0 radical (unpaired) electrons. The first-order valence-corrected chi connectivity index (χ1v) is 5.38. The van der Waals surface area contributed by atoms with Gasteiger partial charge in [-0.1, -0.05) is 12.1 Å². The van der Waals surface area contributed by atoms with Gasteiger partial charge in [-0.05, 0) is 29.8 Å². The summed E-state index contributed by atoms with van der Waals surface area (Å²) >= 11 is 0. The molecule has 0 aliphatic heterocycles. The Morgan fingerprint density at radius 3 is 2.67 bits per heavy atom. The molecule has 18 heavy (non-hydrogen) atoms. The summed E-state index contributed by atoms with van der Waals surface area (Å²) in [6.07, 6.45) is 3.03. The maximum absolute atomic E-state index is 13.0. The minimum Gasteiger partial charge on any atom is -0.272 e. The van der Waals surface area contributed by atoms with Crippen molar-refractivity contribution in [3.05, 3.63) is 65.7 Å². The summed E-state index contributed by atoms with van der Waals surface area (Å²) in [5.74, 6) is 4.99. The first-order valence-electron chi connectivity index (χ1n) is 5.38. The molecule has 0 bridgehead atoms. The van der Waals surface area contributed by atoms with Crippen LogP contribution in [0.1, 0.15) is 15.9 Å². The highest BCUT2D eigenvalue weighted by atomic mass is 19.1. The summed E-state index contributed by atoms with van der Waals surface area (Å²) in [6.45, 7) is 0.152. The summed E-state index contributed by atoms with van der Waals surface area (Å²) < 4.78 is 13.0. The van der Waals surface area contributed by atoms with Crippen molar-refractivity contribution in [2.75, 3.05) is 0 Å². The van der Waals surface area contributed by atoms with Gasteiger partial charge in [-0.25, -0.2) is 10.2 Å². The van der Waals surface area contributed by atoms with Crippen LogP contribution >= 0.6 is 0 Å². The molecule has 1 amide bonds. The Bertz CT molecular complexity index is 545. The van der Waals surface area contributed by atoms with Gasteiger partial charge < -0.3 is 0 Å². The molecule has 0 fully saturated rings. The Morgan fingerprint density at radius 1 is 1.28 bits per heavy atom. The van der Waals surface area contributed by atoms with Crippen molar-refractivity contribution in [3.63, 3.8) is 0 Å². The average molecular weight is 245 g/mol. The van der Waals surface area contributed by atoms with E-state index in [1.807, 2.05) is 0 Å². The van der Waals surface area contributed by atoms with E-state index in [4.69, 9.17) is 5.84 Å². The van der Waals surface area contributed by atoms with Crippen LogP contribution in [0, 0.1) is 5.82 Å². The first-order chi connectivity index (χ1) is 8.66. The summed E-state index contributed by atoms with van der Waals surface area (Å²) in [5.41, 5.74) is 1.09. The fourth-order valence-corrected chi connectivity index (χ4v) is 1.56. The molecule has 1 heterocycles. The zero-order chi connectivity index (χ0) is 13.0. The summed E-state index contributed by atoms with van der Waals surface area (Å²) in [4.78, 5) is 15.7. The largest absolute Gasteiger partial charge is 0.272 e. The topological polar surface area (TPSA) is 59.2 Å². The standard InChI is InChI=1S/C13H12FN3O/c14-12-3-1-2-10(8-12)9-17(15)13(18)11-4-6-16-7-5-11/h1-8H,9,15H2. The lowest BCUT2D eigenvalue weighted by molar-refractivity contribution is 0.0743. The molecule has 1 aromatic carbocycles. The van der Waals surface area contributed by atoms with Crippen LogP contribution < -0.4 is 5.84 Å². The molecule has 4 nitrogen and oxygen atoms in total. The van der Waals surface area contributed by atoms with Gasteiger partial charge in [-0.2, -0.15) is 0 Å². The lowest BCUT2D eigenvalue weighted by Gasteiger charge is -2.16. The van der Waals surface area contributed by atoms with E-state index >= 15 is 0 Å². The number of hydrogen-bond donors (Lipinski definition) is 1. The van der Waals surface area contributed by atoms with E-state index in [1.165, 1.54) is 24.5 Å². The highest BCUT2D eigenvalue weighted by Gasteiger charge is 2.12. The Kier molecular flexibility index (Phi) is 3.64. The molecule has 0 saturated heterocycles. The van der Waals surface area contributed by atoms with Gasteiger partial charge in [-0.3, -0.25) is 14.8 Å². The summed E-state index contributed by atoms with van der Waals surface area (Å²) in [5, 5.41) is 1.05. The van der Waals surface area contributed by atoms with Crippen LogP contribution in [0.25, 0.3) is 0 Å². The van der Waals surface area contributed by atoms with Gasteiger partial charge in [0, 0.05) is 18.0 Å². The Balaban J connectivity index is 2.09. The first kappa shape index (κ1) is 12.2. The van der Waals surface area contributed by atoms with Crippen LogP contribution in [0.3, 0.4) is 0 Å². The van der Waals surface area contributed by atoms with Crippen LogP contribution in [0.2, 0.25) is 0 Å². The Morgan fingerprint density at radius 2 is 2.00 bits per heavy atom. The van der Waals surface area contributed by atoms with E-state index in [-0.39, 0.29) is 18.3 Å². The summed E-state index contributed by atoms with van der Waals surface area (Å²) in [7, 11) is 0. The van der Waals surface area contributed by atoms with Crippen molar-refractivity contribution in [3.8, 4) is 0 Å². The Hall–Kier alpha value is -2.27. The number of halogens is 1. The van der Waals surface area contributed by atoms with E-state index in [1.54, 1.807) is 24.3 Å². The van der Waals surface area contributed by atoms with Crippen LogP contribution in [-0.4, -0.2) is 15.9 Å². The van der Waals surface area contributed by atoms with Crippen molar-refractivity contribution in [1.82, 2.24) is 9.99 Å². The van der Waals surface area contributed by atoms with Gasteiger partial charge in [0.05, 0.1) is 6.54 Å². The van der Waals surface area contributed by atoms with Crippen LogP contribution in [0.5, 0.6) is 0 Å². The molecule has 0 unspecified atom stereocenters. The van der Waals surface area contributed by atoms with Crippen molar-refractivity contribution in [2.24, 2.45) is 5.84 Å². The van der Waals surface area contributed by atoms with E-state index < -0.39 is 0 Å². The number of pyridine rings is 1. The zero-order valence-electron chi connectivity index (χ0n) is 9.58. The number of benzene rings is 1. The van der Waals surface area contributed by atoms with Gasteiger partial charge in [-0.15, -0.1) is 0 Å². The number of rotatable bonds is 3. The maximum atomic E-state index is 13.0. The van der Waals surface area contributed by atoms with Crippen molar-refractivity contribution in [1.29, 1.82) is 0 Å². The number of carbonyl (C=O) groups is 1. The molecule has 2 rings (SSSR count). The number of nitrogens with zero attached hydrogens (tertiary/aromatic N) is 2. The van der Waals surface area contributed by atoms with Crippen molar-refractivity contribution < 1.29 is 9.18 Å². The Labute approximate surface area is 104 Å². The number of nitrogens with two attached hydrogens (primary N) is 1. The SMILES string of the molecule is NN(Cc1cccc(F)c1)C(=O)c1ccncc1. The molecule has 1 aromatic heterocycles. The van der Waals surface area contributed by atoms with E-state index in [2.05, 4.69) is 4.98 Å². The third kappa shape index (κ3) is 2.89. The molecule has 0 saturated carbocycles. The molecule has 0 aliphatic carbocycles. The van der Waals surface area contributed by atoms with Gasteiger partial charge in [0.25, 0.3) is 5.91 Å². The normalized spacial score (nSPS) is 10.1. The summed E-state index contributed by atoms with van der Waals surface area (Å²) in [6, 6.07) is 9.13.